The topological polar surface area (TPSA) is 66.8 Å². The van der Waals surface area contributed by atoms with Gasteiger partial charge in [0.05, 0.1) is 17.6 Å². The summed E-state index contributed by atoms with van der Waals surface area (Å²) in [6.07, 6.45) is 8.62. The second-order valence-corrected chi connectivity index (χ2v) is 7.43. The molecule has 4 heteroatoms. The van der Waals surface area contributed by atoms with Crippen LogP contribution in [-0.2, 0) is 9.53 Å². The van der Waals surface area contributed by atoms with E-state index < -0.39 is 17.2 Å². The van der Waals surface area contributed by atoms with Crippen LogP contribution in [0.1, 0.15) is 66.7 Å². The predicted molar refractivity (Wildman–Crippen MR) is 98.7 cm³/mol. The number of aliphatic hydroxyl groups is 2. The van der Waals surface area contributed by atoms with Gasteiger partial charge < -0.3 is 14.9 Å². The lowest BCUT2D eigenvalue weighted by Crippen LogP contribution is -2.25. The maximum absolute atomic E-state index is 11.7. The quantitative estimate of drug-likeness (QED) is 0.440. The van der Waals surface area contributed by atoms with Gasteiger partial charge in [-0.2, -0.15) is 0 Å². The first-order valence-electron chi connectivity index (χ1n) is 8.50. The second-order valence-electron chi connectivity index (χ2n) is 7.43. The highest BCUT2D eigenvalue weighted by atomic mass is 16.5. The Bertz CT molecular complexity index is 461. The van der Waals surface area contributed by atoms with Crippen molar-refractivity contribution >= 4 is 5.97 Å². The van der Waals surface area contributed by atoms with Gasteiger partial charge in [-0.15, -0.1) is 6.58 Å². The summed E-state index contributed by atoms with van der Waals surface area (Å²) in [6.45, 7) is 12.8. The summed E-state index contributed by atoms with van der Waals surface area (Å²) in [5, 5.41) is 19.6. The summed E-state index contributed by atoms with van der Waals surface area (Å²) in [5.41, 5.74) is 0.324. The Balaban J connectivity index is 4.65. The van der Waals surface area contributed by atoms with E-state index in [2.05, 4.69) is 12.7 Å². The van der Waals surface area contributed by atoms with Crippen LogP contribution in [0.15, 0.2) is 36.0 Å². The molecule has 138 valence electrons. The van der Waals surface area contributed by atoms with Gasteiger partial charge in [-0.25, -0.2) is 0 Å². The largest absolute Gasteiger partial charge is 0.461 e. The molecular formula is C20H34O4. The summed E-state index contributed by atoms with van der Waals surface area (Å²) in [4.78, 5) is 11.7. The van der Waals surface area contributed by atoms with E-state index in [0.29, 0.717) is 12.8 Å². The van der Waals surface area contributed by atoms with E-state index in [1.165, 1.54) is 11.6 Å². The Hall–Kier alpha value is -1.39. The molecule has 0 aromatic carbocycles. The first-order chi connectivity index (χ1) is 10.9. The van der Waals surface area contributed by atoms with Crippen molar-refractivity contribution in [1.29, 1.82) is 0 Å². The minimum atomic E-state index is -1.06. The van der Waals surface area contributed by atoms with Crippen LogP contribution < -0.4 is 0 Å². The molecule has 0 fully saturated rings. The van der Waals surface area contributed by atoms with Gasteiger partial charge in [0.2, 0.25) is 0 Å². The van der Waals surface area contributed by atoms with Crippen LogP contribution in [0.3, 0.4) is 0 Å². The van der Waals surface area contributed by atoms with Crippen molar-refractivity contribution < 1.29 is 19.7 Å². The lowest BCUT2D eigenvalue weighted by molar-refractivity contribution is -0.147. The first-order valence-corrected chi connectivity index (χ1v) is 8.50. The lowest BCUT2D eigenvalue weighted by atomic mass is 9.99. The third-order valence-electron chi connectivity index (χ3n) is 3.54. The van der Waals surface area contributed by atoms with E-state index in [-0.39, 0.29) is 13.0 Å². The van der Waals surface area contributed by atoms with Crippen molar-refractivity contribution in [2.24, 2.45) is 0 Å². The molecule has 0 saturated heterocycles. The summed E-state index contributed by atoms with van der Waals surface area (Å²) >= 11 is 0. The zero-order valence-corrected chi connectivity index (χ0v) is 15.9. The number of hydrogen-bond donors (Lipinski definition) is 2. The van der Waals surface area contributed by atoms with Crippen molar-refractivity contribution in [1.82, 2.24) is 0 Å². The molecule has 0 spiro atoms. The molecule has 0 rings (SSSR count). The van der Waals surface area contributed by atoms with Crippen LogP contribution in [0, 0.1) is 0 Å². The van der Waals surface area contributed by atoms with Crippen molar-refractivity contribution in [3.63, 3.8) is 0 Å². The first kappa shape index (κ1) is 22.6. The highest BCUT2D eigenvalue weighted by Gasteiger charge is 2.19. The molecule has 0 unspecified atom stereocenters. The average molecular weight is 338 g/mol. The maximum Gasteiger partial charge on any atom is 0.309 e. The van der Waals surface area contributed by atoms with Gasteiger partial charge in [-0.1, -0.05) is 23.8 Å². The van der Waals surface area contributed by atoms with Crippen molar-refractivity contribution in [3.05, 3.63) is 36.0 Å². The lowest BCUT2D eigenvalue weighted by Gasteiger charge is -2.18. The fraction of sp³-hybridized carbons (Fsp3) is 0.650. The monoisotopic (exact) mass is 338 g/mol. The van der Waals surface area contributed by atoms with Gasteiger partial charge in [-0.3, -0.25) is 4.79 Å². The SMILES string of the molecule is C=C[C@@](C)(O)CC/C=C(/CCC=C(C)C)COC(=O)CC(C)(C)O. The van der Waals surface area contributed by atoms with Gasteiger partial charge in [-0.05, 0) is 65.9 Å². The number of esters is 1. The summed E-state index contributed by atoms with van der Waals surface area (Å²) < 4.78 is 5.28. The Kier molecular flexibility index (Phi) is 9.86. The van der Waals surface area contributed by atoms with Crippen LogP contribution >= 0.6 is 0 Å². The number of ether oxygens (including phenoxy) is 1. The van der Waals surface area contributed by atoms with E-state index in [1.807, 2.05) is 19.9 Å². The molecule has 0 bridgehead atoms. The average Bonchev–Trinajstić information content (AvgIpc) is 2.41. The number of rotatable bonds is 11. The highest BCUT2D eigenvalue weighted by Crippen LogP contribution is 2.17. The molecule has 0 aliphatic rings. The molecule has 0 saturated carbocycles. The third kappa shape index (κ3) is 13.1. The minimum Gasteiger partial charge on any atom is -0.461 e. The summed E-state index contributed by atoms with van der Waals surface area (Å²) in [6, 6.07) is 0. The van der Waals surface area contributed by atoms with Gasteiger partial charge in [0.1, 0.15) is 6.61 Å². The molecule has 0 amide bonds. The van der Waals surface area contributed by atoms with Gasteiger partial charge in [0.15, 0.2) is 0 Å². The van der Waals surface area contributed by atoms with Crippen molar-refractivity contribution in [2.75, 3.05) is 6.61 Å². The van der Waals surface area contributed by atoms with Gasteiger partial charge >= 0.3 is 5.97 Å². The standard InChI is InChI=1S/C20H34O4/c1-7-20(6,23)13-9-12-17(11-8-10-16(2)3)15-24-18(21)14-19(4,5)22/h7,10,12,22-23H,1,8-9,11,13-15H2,2-6H3/b17-12-/t20-/m1/s1. The molecule has 0 aromatic rings. The van der Waals surface area contributed by atoms with Crippen LogP contribution in [0.4, 0.5) is 0 Å². The van der Waals surface area contributed by atoms with Crippen molar-refractivity contribution in [2.45, 2.75) is 77.9 Å². The number of carbonyl (C=O) groups excluding carboxylic acids is 1. The van der Waals surface area contributed by atoms with E-state index in [9.17, 15) is 15.0 Å². The number of hydrogen-bond acceptors (Lipinski definition) is 4. The second kappa shape index (κ2) is 10.5. The minimum absolute atomic E-state index is 0.0283. The fourth-order valence-corrected chi connectivity index (χ4v) is 2.03. The molecule has 0 radical (unpaired) electrons. The number of allylic oxidation sites excluding steroid dienone is 3. The molecule has 0 heterocycles. The Labute approximate surface area is 146 Å². The smallest absolute Gasteiger partial charge is 0.309 e. The zero-order valence-electron chi connectivity index (χ0n) is 15.9. The van der Waals surface area contributed by atoms with Crippen LogP contribution in [-0.4, -0.2) is 34.0 Å². The van der Waals surface area contributed by atoms with E-state index in [4.69, 9.17) is 4.74 Å². The van der Waals surface area contributed by atoms with Crippen molar-refractivity contribution in [3.8, 4) is 0 Å². The van der Waals surface area contributed by atoms with Crippen LogP contribution in [0.25, 0.3) is 0 Å². The Morgan fingerprint density at radius 1 is 1.12 bits per heavy atom. The van der Waals surface area contributed by atoms with E-state index in [1.54, 1.807) is 20.8 Å². The molecule has 4 nitrogen and oxygen atoms in total. The zero-order chi connectivity index (χ0) is 18.8. The van der Waals surface area contributed by atoms with Crippen LogP contribution in [0.2, 0.25) is 0 Å². The molecule has 0 aliphatic heterocycles. The molecule has 0 aromatic heterocycles. The van der Waals surface area contributed by atoms with Gasteiger partial charge in [0, 0.05) is 0 Å². The molecular weight excluding hydrogens is 304 g/mol. The summed E-state index contributed by atoms with van der Waals surface area (Å²) in [7, 11) is 0. The Morgan fingerprint density at radius 2 is 1.75 bits per heavy atom. The molecule has 0 aliphatic carbocycles. The molecule has 1 atom stereocenters. The number of carbonyl (C=O) groups is 1. The van der Waals surface area contributed by atoms with E-state index in [0.717, 1.165) is 18.4 Å². The maximum atomic E-state index is 11.7. The third-order valence-corrected chi connectivity index (χ3v) is 3.54. The van der Waals surface area contributed by atoms with Crippen LogP contribution in [0.5, 0.6) is 0 Å². The predicted octanol–water partition coefficient (Wildman–Crippen LogP) is 4.08. The highest BCUT2D eigenvalue weighted by molar-refractivity contribution is 5.70. The Morgan fingerprint density at radius 3 is 2.25 bits per heavy atom. The normalized spacial score (nSPS) is 14.7. The fourth-order valence-electron chi connectivity index (χ4n) is 2.03. The van der Waals surface area contributed by atoms with Gasteiger partial charge in [0.25, 0.3) is 0 Å². The van der Waals surface area contributed by atoms with E-state index >= 15 is 0 Å². The molecule has 2 N–H and O–H groups in total. The molecule has 24 heavy (non-hydrogen) atoms. The summed E-state index contributed by atoms with van der Waals surface area (Å²) in [5.74, 6) is -0.409.